The van der Waals surface area contributed by atoms with E-state index in [0.717, 1.165) is 0 Å². The van der Waals surface area contributed by atoms with Crippen LogP contribution in [0.1, 0.15) is 36.1 Å². The van der Waals surface area contributed by atoms with Crippen LogP contribution < -0.4 is 5.56 Å². The Bertz CT molecular complexity index is 1160. The van der Waals surface area contributed by atoms with Gasteiger partial charge in [-0.05, 0) is 44.2 Å². The van der Waals surface area contributed by atoms with Gasteiger partial charge in [-0.1, -0.05) is 11.6 Å². The van der Waals surface area contributed by atoms with Crippen LogP contribution in [0.25, 0.3) is 10.9 Å². The van der Waals surface area contributed by atoms with Crippen molar-refractivity contribution in [2.24, 2.45) is 7.05 Å². The molecule has 150 valence electrons. The Morgan fingerprint density at radius 3 is 2.52 bits per heavy atom. The molecule has 0 N–H and O–H groups in total. The Balaban J connectivity index is 2.01. The van der Waals surface area contributed by atoms with Gasteiger partial charge >= 0.3 is 0 Å². The molecule has 8 nitrogen and oxygen atoms in total. The molecule has 29 heavy (non-hydrogen) atoms. The first-order chi connectivity index (χ1) is 13.7. The van der Waals surface area contributed by atoms with Gasteiger partial charge in [-0.2, -0.15) is 0 Å². The average molecular weight is 415 g/mol. The van der Waals surface area contributed by atoms with E-state index in [0.29, 0.717) is 33.9 Å². The van der Waals surface area contributed by atoms with Gasteiger partial charge in [-0.15, -0.1) is 0 Å². The summed E-state index contributed by atoms with van der Waals surface area (Å²) in [6.45, 7) is 3.96. The second-order valence-corrected chi connectivity index (χ2v) is 7.00. The summed E-state index contributed by atoms with van der Waals surface area (Å²) in [4.78, 5) is 42.2. The highest BCUT2D eigenvalue weighted by Crippen LogP contribution is 2.23. The van der Waals surface area contributed by atoms with Crippen molar-refractivity contribution >= 4 is 34.1 Å². The molecular weight excluding hydrogens is 396 g/mol. The predicted octanol–water partition coefficient (Wildman–Crippen LogP) is 3.72. The van der Waals surface area contributed by atoms with Gasteiger partial charge in [0.15, 0.2) is 0 Å². The Labute approximate surface area is 171 Å². The minimum atomic E-state index is -0.519. The third-order valence-electron chi connectivity index (χ3n) is 4.84. The minimum absolute atomic E-state index is 0.0897. The van der Waals surface area contributed by atoms with Crippen molar-refractivity contribution in [1.82, 2.24) is 14.5 Å². The SMILES string of the molecule is CCN(C(=O)c1ccc([N+](=O)[O-])cc1)C(C)c1nc2cc(Cl)ccc2c(=O)n1C. The van der Waals surface area contributed by atoms with E-state index in [1.165, 1.54) is 28.8 Å². The first-order valence-electron chi connectivity index (χ1n) is 8.96. The van der Waals surface area contributed by atoms with Crippen LogP contribution in [0.5, 0.6) is 0 Å². The molecule has 0 spiro atoms. The highest BCUT2D eigenvalue weighted by atomic mass is 35.5. The van der Waals surface area contributed by atoms with E-state index >= 15 is 0 Å². The maximum absolute atomic E-state index is 13.0. The zero-order valence-electron chi connectivity index (χ0n) is 16.1. The van der Waals surface area contributed by atoms with Crippen LogP contribution in [0.4, 0.5) is 5.69 Å². The van der Waals surface area contributed by atoms with Crippen LogP contribution in [0.15, 0.2) is 47.3 Å². The molecule has 0 saturated heterocycles. The molecule has 1 amide bonds. The van der Waals surface area contributed by atoms with Crippen molar-refractivity contribution in [3.05, 3.63) is 79.3 Å². The Kier molecular flexibility index (Phi) is 5.65. The van der Waals surface area contributed by atoms with Crippen molar-refractivity contribution in [3.63, 3.8) is 0 Å². The van der Waals surface area contributed by atoms with E-state index in [-0.39, 0.29) is 17.2 Å². The van der Waals surface area contributed by atoms with Crippen LogP contribution in [0.2, 0.25) is 5.02 Å². The molecule has 0 aliphatic carbocycles. The number of benzene rings is 2. The summed E-state index contributed by atoms with van der Waals surface area (Å²) in [7, 11) is 1.61. The first kappa shape index (κ1) is 20.5. The molecule has 0 saturated carbocycles. The van der Waals surface area contributed by atoms with Crippen molar-refractivity contribution in [3.8, 4) is 0 Å². The number of amides is 1. The number of rotatable bonds is 5. The molecule has 0 radical (unpaired) electrons. The van der Waals surface area contributed by atoms with Crippen LogP contribution in [0, 0.1) is 10.1 Å². The molecule has 0 aliphatic heterocycles. The summed E-state index contributed by atoms with van der Waals surface area (Å²) >= 11 is 6.04. The number of aromatic nitrogens is 2. The minimum Gasteiger partial charge on any atom is -0.329 e. The number of nitro groups is 1. The van der Waals surface area contributed by atoms with E-state index in [4.69, 9.17) is 11.6 Å². The van der Waals surface area contributed by atoms with E-state index < -0.39 is 11.0 Å². The normalized spacial score (nSPS) is 12.0. The summed E-state index contributed by atoms with van der Waals surface area (Å²) in [5.41, 5.74) is 0.458. The lowest BCUT2D eigenvalue weighted by molar-refractivity contribution is -0.384. The molecule has 0 aliphatic rings. The van der Waals surface area contributed by atoms with Gasteiger partial charge in [0.05, 0.1) is 21.9 Å². The van der Waals surface area contributed by atoms with E-state index in [1.807, 2.05) is 6.92 Å². The van der Waals surface area contributed by atoms with Crippen molar-refractivity contribution in [1.29, 1.82) is 0 Å². The smallest absolute Gasteiger partial charge is 0.269 e. The molecular formula is C20H19ClN4O4. The zero-order chi connectivity index (χ0) is 21.3. The van der Waals surface area contributed by atoms with E-state index in [1.54, 1.807) is 37.1 Å². The Morgan fingerprint density at radius 2 is 1.93 bits per heavy atom. The van der Waals surface area contributed by atoms with Gasteiger partial charge in [0.2, 0.25) is 0 Å². The molecule has 3 aromatic rings. The van der Waals surface area contributed by atoms with Crippen molar-refractivity contribution < 1.29 is 9.72 Å². The fourth-order valence-corrected chi connectivity index (χ4v) is 3.43. The van der Waals surface area contributed by atoms with Crippen molar-refractivity contribution in [2.45, 2.75) is 19.9 Å². The lowest BCUT2D eigenvalue weighted by atomic mass is 10.1. The number of hydrogen-bond acceptors (Lipinski definition) is 5. The number of nitro benzene ring substituents is 1. The lowest BCUT2D eigenvalue weighted by Gasteiger charge is -2.29. The Morgan fingerprint density at radius 1 is 1.28 bits per heavy atom. The standard InChI is InChI=1S/C20H19ClN4O4/c1-4-24(19(26)13-5-8-15(9-6-13)25(28)29)12(2)18-22-17-11-14(21)7-10-16(17)20(27)23(18)3/h5-12H,4H2,1-3H3. The number of carbonyl (C=O) groups is 1. The second kappa shape index (κ2) is 8.00. The molecule has 2 aromatic carbocycles. The molecule has 1 heterocycles. The number of halogens is 1. The highest BCUT2D eigenvalue weighted by molar-refractivity contribution is 6.31. The number of fused-ring (bicyclic) bond motifs is 1. The van der Waals surface area contributed by atoms with Crippen molar-refractivity contribution in [2.75, 3.05) is 6.54 Å². The van der Waals surface area contributed by atoms with E-state index in [9.17, 15) is 19.7 Å². The fourth-order valence-electron chi connectivity index (χ4n) is 3.26. The first-order valence-corrected chi connectivity index (χ1v) is 9.34. The molecule has 9 heteroatoms. The van der Waals surface area contributed by atoms with Gasteiger partial charge in [0, 0.05) is 36.3 Å². The van der Waals surface area contributed by atoms with Crippen LogP contribution in [-0.2, 0) is 7.05 Å². The summed E-state index contributed by atoms with van der Waals surface area (Å²) in [6.07, 6.45) is 0. The predicted molar refractivity (Wildman–Crippen MR) is 110 cm³/mol. The van der Waals surface area contributed by atoms with Gasteiger partial charge < -0.3 is 4.90 Å². The number of non-ortho nitro benzene ring substituents is 1. The van der Waals surface area contributed by atoms with Gasteiger partial charge in [-0.3, -0.25) is 24.3 Å². The largest absolute Gasteiger partial charge is 0.329 e. The topological polar surface area (TPSA) is 98.3 Å². The quantitative estimate of drug-likeness (QED) is 0.468. The number of hydrogen-bond donors (Lipinski definition) is 0. The lowest BCUT2D eigenvalue weighted by Crippen LogP contribution is -2.37. The molecule has 0 fully saturated rings. The third kappa shape index (κ3) is 3.84. The van der Waals surface area contributed by atoms with Crippen LogP contribution in [-0.4, -0.2) is 31.8 Å². The van der Waals surface area contributed by atoms with Gasteiger partial charge in [0.1, 0.15) is 5.82 Å². The summed E-state index contributed by atoms with van der Waals surface area (Å²) < 4.78 is 1.42. The summed E-state index contributed by atoms with van der Waals surface area (Å²) in [5, 5.41) is 11.7. The van der Waals surface area contributed by atoms with Gasteiger partial charge in [-0.25, -0.2) is 4.98 Å². The van der Waals surface area contributed by atoms with Crippen LogP contribution >= 0.6 is 11.6 Å². The molecule has 1 aromatic heterocycles. The Hall–Kier alpha value is -3.26. The molecule has 3 rings (SSSR count). The summed E-state index contributed by atoms with van der Waals surface area (Å²) in [5.74, 6) is 0.109. The highest BCUT2D eigenvalue weighted by Gasteiger charge is 2.25. The maximum Gasteiger partial charge on any atom is 0.269 e. The third-order valence-corrected chi connectivity index (χ3v) is 5.08. The number of nitrogens with zero attached hydrogens (tertiary/aromatic N) is 4. The molecule has 1 unspecified atom stereocenters. The summed E-state index contributed by atoms with van der Waals surface area (Å²) in [6, 6.07) is 9.78. The monoisotopic (exact) mass is 414 g/mol. The molecule has 0 bridgehead atoms. The zero-order valence-corrected chi connectivity index (χ0v) is 16.9. The van der Waals surface area contributed by atoms with Crippen LogP contribution in [0.3, 0.4) is 0 Å². The number of carbonyl (C=O) groups excluding carboxylic acids is 1. The molecule has 1 atom stereocenters. The van der Waals surface area contributed by atoms with Gasteiger partial charge in [0.25, 0.3) is 17.2 Å². The van der Waals surface area contributed by atoms with E-state index in [2.05, 4.69) is 4.98 Å². The average Bonchev–Trinajstić information content (AvgIpc) is 2.70. The fraction of sp³-hybridized carbons (Fsp3) is 0.250. The maximum atomic E-state index is 13.0. The second-order valence-electron chi connectivity index (χ2n) is 6.57.